The molecule has 170 valence electrons. The number of anilines is 1. The average molecular weight is 445 g/mol. The number of nitrogens with zero attached hydrogens (tertiary/aromatic N) is 5. The molecule has 11 heteroatoms. The number of benzene rings is 1. The number of alkyl halides is 2. The molecular weight excluding hydrogens is 420 g/mol. The first kappa shape index (κ1) is 19.9. The van der Waals surface area contributed by atoms with Gasteiger partial charge in [-0.3, -0.25) is 0 Å². The van der Waals surface area contributed by atoms with Crippen LogP contribution in [-0.2, 0) is 6.42 Å². The molecule has 1 spiro atoms. The maximum absolute atomic E-state index is 13.5. The maximum Gasteiger partial charge on any atom is 0.586 e. The van der Waals surface area contributed by atoms with Crippen molar-refractivity contribution in [2.75, 3.05) is 38.5 Å². The van der Waals surface area contributed by atoms with Crippen molar-refractivity contribution in [1.82, 2.24) is 29.8 Å². The molecule has 1 aromatic carbocycles. The van der Waals surface area contributed by atoms with E-state index in [-0.39, 0.29) is 23.0 Å². The first-order valence-corrected chi connectivity index (χ1v) is 11.1. The highest BCUT2D eigenvalue weighted by atomic mass is 19.3. The molecule has 0 saturated carbocycles. The third-order valence-electron chi connectivity index (χ3n) is 7.11. The van der Waals surface area contributed by atoms with Gasteiger partial charge in [0.25, 0.3) is 0 Å². The van der Waals surface area contributed by atoms with Crippen LogP contribution in [0.4, 0.5) is 14.7 Å². The number of likely N-dealkylation sites (tertiary alicyclic amines) is 1. The van der Waals surface area contributed by atoms with E-state index in [9.17, 15) is 8.78 Å². The van der Waals surface area contributed by atoms with Gasteiger partial charge in [0, 0.05) is 18.4 Å². The largest absolute Gasteiger partial charge is 0.586 e. The van der Waals surface area contributed by atoms with E-state index in [1.165, 1.54) is 36.3 Å². The Morgan fingerprint density at radius 3 is 2.62 bits per heavy atom. The SMILES string of the molecule is Nc1nc2c3c(ccc2c2nc(CCN4CCC5(CCNCC5)CC4)nn12)OC(F)(F)O3. The van der Waals surface area contributed by atoms with Crippen molar-refractivity contribution in [3.05, 3.63) is 18.0 Å². The lowest BCUT2D eigenvalue weighted by atomic mass is 9.71. The fourth-order valence-electron chi connectivity index (χ4n) is 5.21. The summed E-state index contributed by atoms with van der Waals surface area (Å²) in [5.74, 6) is 0.502. The van der Waals surface area contributed by atoms with E-state index in [0.29, 0.717) is 28.7 Å². The van der Waals surface area contributed by atoms with Gasteiger partial charge < -0.3 is 25.4 Å². The second-order valence-electron chi connectivity index (χ2n) is 9.03. The van der Waals surface area contributed by atoms with E-state index in [1.807, 2.05) is 0 Å². The predicted molar refractivity (Wildman–Crippen MR) is 113 cm³/mol. The van der Waals surface area contributed by atoms with Gasteiger partial charge in [-0.1, -0.05) is 0 Å². The molecule has 2 fully saturated rings. The normalized spacial score (nSPS) is 22.2. The Balaban J connectivity index is 1.22. The zero-order chi connectivity index (χ0) is 21.9. The van der Waals surface area contributed by atoms with Crippen LogP contribution in [0.25, 0.3) is 16.6 Å². The molecule has 9 nitrogen and oxygen atoms in total. The van der Waals surface area contributed by atoms with Crippen molar-refractivity contribution >= 4 is 22.5 Å². The van der Waals surface area contributed by atoms with E-state index in [0.717, 1.165) is 32.7 Å². The minimum Gasteiger partial charge on any atom is -0.395 e. The number of hydrogen-bond donors (Lipinski definition) is 2. The lowest BCUT2D eigenvalue weighted by Crippen LogP contribution is -2.45. The van der Waals surface area contributed by atoms with Gasteiger partial charge in [0.1, 0.15) is 5.52 Å². The number of aromatic nitrogens is 4. The van der Waals surface area contributed by atoms with Crippen LogP contribution >= 0.6 is 0 Å². The Kier molecular flexibility index (Phi) is 4.41. The minimum atomic E-state index is -3.72. The number of halogens is 2. The van der Waals surface area contributed by atoms with Crippen molar-refractivity contribution in [3.8, 4) is 11.5 Å². The summed E-state index contributed by atoms with van der Waals surface area (Å²) < 4.78 is 37.7. The number of hydrogen-bond acceptors (Lipinski definition) is 8. The summed E-state index contributed by atoms with van der Waals surface area (Å²) in [4.78, 5) is 11.4. The summed E-state index contributed by atoms with van der Waals surface area (Å²) in [7, 11) is 0. The fraction of sp³-hybridized carbons (Fsp3) is 0.571. The van der Waals surface area contributed by atoms with Gasteiger partial charge in [0.2, 0.25) is 5.95 Å². The number of nitrogen functional groups attached to an aromatic ring is 1. The highest BCUT2D eigenvalue weighted by Crippen LogP contribution is 2.45. The average Bonchev–Trinajstić information content (AvgIpc) is 3.34. The number of nitrogens with one attached hydrogen (secondary N) is 1. The summed E-state index contributed by atoms with van der Waals surface area (Å²) in [6.45, 7) is 5.32. The van der Waals surface area contributed by atoms with Crippen LogP contribution in [0.5, 0.6) is 11.5 Å². The van der Waals surface area contributed by atoms with Gasteiger partial charge in [-0.05, 0) is 69.4 Å². The summed E-state index contributed by atoms with van der Waals surface area (Å²) in [5, 5.41) is 8.51. The number of piperidine rings is 2. The molecule has 0 aliphatic carbocycles. The molecule has 0 atom stereocenters. The fourth-order valence-corrected chi connectivity index (χ4v) is 5.21. The molecule has 0 bridgehead atoms. The molecule has 32 heavy (non-hydrogen) atoms. The topological polar surface area (TPSA) is 103 Å². The summed E-state index contributed by atoms with van der Waals surface area (Å²) in [6.07, 6.45) is 2.00. The monoisotopic (exact) mass is 445 g/mol. The number of nitrogens with two attached hydrogens (primary N) is 1. The minimum absolute atomic E-state index is 0.0595. The molecule has 3 aliphatic heterocycles. The molecule has 2 saturated heterocycles. The van der Waals surface area contributed by atoms with Crippen LogP contribution in [0.1, 0.15) is 31.5 Å². The van der Waals surface area contributed by atoms with Crippen LogP contribution in [0.15, 0.2) is 12.1 Å². The lowest BCUT2D eigenvalue weighted by molar-refractivity contribution is -0.286. The van der Waals surface area contributed by atoms with Gasteiger partial charge in [-0.15, -0.1) is 13.9 Å². The van der Waals surface area contributed by atoms with E-state index < -0.39 is 6.29 Å². The van der Waals surface area contributed by atoms with Crippen LogP contribution < -0.4 is 20.5 Å². The van der Waals surface area contributed by atoms with Crippen molar-refractivity contribution < 1.29 is 18.3 Å². The Morgan fingerprint density at radius 1 is 1.06 bits per heavy atom. The predicted octanol–water partition coefficient (Wildman–Crippen LogP) is 2.19. The number of rotatable bonds is 3. The molecule has 2 aromatic heterocycles. The molecule has 0 amide bonds. The van der Waals surface area contributed by atoms with Crippen molar-refractivity contribution in [1.29, 1.82) is 0 Å². The van der Waals surface area contributed by atoms with Crippen LogP contribution in [-0.4, -0.2) is 63.5 Å². The number of ether oxygens (including phenoxy) is 2. The van der Waals surface area contributed by atoms with E-state index >= 15 is 0 Å². The quantitative estimate of drug-likeness (QED) is 0.633. The second-order valence-corrected chi connectivity index (χ2v) is 9.03. The van der Waals surface area contributed by atoms with Gasteiger partial charge in [-0.2, -0.15) is 4.52 Å². The summed E-state index contributed by atoms with van der Waals surface area (Å²) >= 11 is 0. The third kappa shape index (κ3) is 3.30. The van der Waals surface area contributed by atoms with Crippen LogP contribution in [0.2, 0.25) is 0 Å². The Bertz CT molecular complexity index is 1180. The van der Waals surface area contributed by atoms with Gasteiger partial charge in [0.05, 0.1) is 0 Å². The first-order chi connectivity index (χ1) is 15.4. The van der Waals surface area contributed by atoms with E-state index in [1.54, 1.807) is 6.07 Å². The first-order valence-electron chi connectivity index (χ1n) is 11.1. The molecule has 5 heterocycles. The summed E-state index contributed by atoms with van der Waals surface area (Å²) in [6, 6.07) is 3.05. The highest BCUT2D eigenvalue weighted by Gasteiger charge is 2.45. The molecule has 0 radical (unpaired) electrons. The smallest absolute Gasteiger partial charge is 0.395 e. The molecular formula is C21H25F2N7O2. The Labute approximate surface area is 182 Å². The van der Waals surface area contributed by atoms with Crippen LogP contribution in [0.3, 0.4) is 0 Å². The van der Waals surface area contributed by atoms with E-state index in [4.69, 9.17) is 5.73 Å². The molecule has 3 aromatic rings. The van der Waals surface area contributed by atoms with Gasteiger partial charge in [-0.25, -0.2) is 9.97 Å². The zero-order valence-corrected chi connectivity index (χ0v) is 17.6. The molecule has 3 N–H and O–H groups in total. The Morgan fingerprint density at radius 2 is 1.84 bits per heavy atom. The van der Waals surface area contributed by atoms with Crippen molar-refractivity contribution in [2.24, 2.45) is 5.41 Å². The molecule has 6 rings (SSSR count). The molecule has 0 unspecified atom stereocenters. The summed E-state index contributed by atoms with van der Waals surface area (Å²) in [5.41, 5.74) is 7.24. The highest BCUT2D eigenvalue weighted by molar-refractivity contribution is 5.97. The van der Waals surface area contributed by atoms with Gasteiger partial charge >= 0.3 is 6.29 Å². The zero-order valence-electron chi connectivity index (χ0n) is 17.6. The lowest BCUT2D eigenvalue weighted by Gasteiger charge is -2.44. The number of fused-ring (bicyclic) bond motifs is 5. The van der Waals surface area contributed by atoms with Crippen LogP contribution in [0, 0.1) is 5.41 Å². The second kappa shape index (κ2) is 7.11. The van der Waals surface area contributed by atoms with Crippen molar-refractivity contribution in [3.63, 3.8) is 0 Å². The Hall–Kier alpha value is -2.79. The standard InChI is InChI=1S/C21H25F2N7O2/c22-21(23)31-14-2-1-13-16(17(14)32-21)27-19(24)30-18(13)26-15(28-30)3-10-29-11-6-20(7-12-29)4-8-25-9-5-20/h1-2,25H,3-12H2,(H2,24,27). The molecule has 3 aliphatic rings. The van der Waals surface area contributed by atoms with Gasteiger partial charge in [0.15, 0.2) is 23.0 Å². The maximum atomic E-state index is 13.5. The third-order valence-corrected chi connectivity index (χ3v) is 7.11. The van der Waals surface area contributed by atoms with E-state index in [2.05, 4.69) is 34.8 Å². The van der Waals surface area contributed by atoms with Crippen molar-refractivity contribution in [2.45, 2.75) is 38.4 Å².